The lowest BCUT2D eigenvalue weighted by molar-refractivity contribution is -0.149. The van der Waals surface area contributed by atoms with Crippen molar-refractivity contribution in [2.45, 2.75) is 44.4 Å². The molecule has 5 heteroatoms. The average Bonchev–Trinajstić information content (AvgIpc) is 2.47. The third kappa shape index (κ3) is 2.41. The van der Waals surface area contributed by atoms with Crippen molar-refractivity contribution < 1.29 is 14.3 Å². The van der Waals surface area contributed by atoms with Gasteiger partial charge < -0.3 is 9.47 Å². The Morgan fingerprint density at radius 1 is 1.26 bits per heavy atom. The molecule has 0 atom stereocenters. The van der Waals surface area contributed by atoms with E-state index in [-0.39, 0.29) is 5.97 Å². The van der Waals surface area contributed by atoms with Crippen molar-refractivity contribution in [3.05, 3.63) is 17.5 Å². The van der Waals surface area contributed by atoms with Crippen molar-refractivity contribution in [3.8, 4) is 6.01 Å². The van der Waals surface area contributed by atoms with Gasteiger partial charge in [0, 0.05) is 6.20 Å². The van der Waals surface area contributed by atoms with Gasteiger partial charge in [0.25, 0.3) is 0 Å². The SMILES string of the molecule is COC(=O)C1(c2nc(OC)ncc2C)CCCCC1. The molecule has 1 saturated carbocycles. The van der Waals surface area contributed by atoms with Crippen molar-refractivity contribution in [1.82, 2.24) is 9.97 Å². The second kappa shape index (κ2) is 5.55. The van der Waals surface area contributed by atoms with Crippen LogP contribution >= 0.6 is 0 Å². The van der Waals surface area contributed by atoms with Gasteiger partial charge in [-0.2, -0.15) is 4.98 Å². The Morgan fingerprint density at radius 2 is 1.95 bits per heavy atom. The van der Waals surface area contributed by atoms with Crippen LogP contribution in [0, 0.1) is 6.92 Å². The minimum absolute atomic E-state index is 0.198. The average molecular weight is 264 g/mol. The van der Waals surface area contributed by atoms with Gasteiger partial charge in [0.05, 0.1) is 19.9 Å². The normalized spacial score (nSPS) is 17.8. The van der Waals surface area contributed by atoms with E-state index in [0.717, 1.165) is 43.4 Å². The molecule has 1 aromatic heterocycles. The zero-order valence-electron chi connectivity index (χ0n) is 11.7. The molecule has 1 fully saturated rings. The summed E-state index contributed by atoms with van der Waals surface area (Å²) in [6.07, 6.45) is 6.45. The fourth-order valence-electron chi connectivity index (χ4n) is 2.90. The summed E-state index contributed by atoms with van der Waals surface area (Å²) in [5.41, 5.74) is 1.03. The summed E-state index contributed by atoms with van der Waals surface area (Å²) in [4.78, 5) is 20.8. The molecule has 104 valence electrons. The maximum absolute atomic E-state index is 12.3. The molecular formula is C14H20N2O3. The van der Waals surface area contributed by atoms with Crippen molar-refractivity contribution in [2.75, 3.05) is 14.2 Å². The van der Waals surface area contributed by atoms with Gasteiger partial charge in [-0.05, 0) is 25.3 Å². The number of carbonyl (C=O) groups is 1. The molecule has 0 N–H and O–H groups in total. The topological polar surface area (TPSA) is 61.3 Å². The van der Waals surface area contributed by atoms with Crippen LogP contribution in [0.15, 0.2) is 6.20 Å². The van der Waals surface area contributed by atoms with Gasteiger partial charge in [-0.1, -0.05) is 19.3 Å². The lowest BCUT2D eigenvalue weighted by Gasteiger charge is -2.34. The second-order valence-electron chi connectivity index (χ2n) is 5.02. The van der Waals surface area contributed by atoms with E-state index in [4.69, 9.17) is 9.47 Å². The Bertz CT molecular complexity index is 468. The van der Waals surface area contributed by atoms with Gasteiger partial charge in [-0.3, -0.25) is 4.79 Å². The number of rotatable bonds is 3. The smallest absolute Gasteiger partial charge is 0.317 e. The quantitative estimate of drug-likeness (QED) is 0.783. The van der Waals surface area contributed by atoms with Crippen LogP contribution in [0.5, 0.6) is 6.01 Å². The van der Waals surface area contributed by atoms with Gasteiger partial charge in [0.2, 0.25) is 0 Å². The number of aromatic nitrogens is 2. The first-order valence-corrected chi connectivity index (χ1v) is 6.60. The third-order valence-electron chi connectivity index (χ3n) is 3.87. The lowest BCUT2D eigenvalue weighted by Crippen LogP contribution is -2.40. The van der Waals surface area contributed by atoms with E-state index in [1.165, 1.54) is 14.2 Å². The van der Waals surface area contributed by atoms with Gasteiger partial charge in [0.1, 0.15) is 5.41 Å². The molecule has 0 bridgehead atoms. The standard InChI is InChI=1S/C14H20N2O3/c1-10-9-15-13(19-3)16-11(10)14(12(17)18-2)7-5-4-6-8-14/h9H,4-8H2,1-3H3. The summed E-state index contributed by atoms with van der Waals surface area (Å²) in [7, 11) is 2.96. The molecule has 0 aromatic carbocycles. The fraction of sp³-hybridized carbons (Fsp3) is 0.643. The summed E-state index contributed by atoms with van der Waals surface area (Å²) >= 11 is 0. The van der Waals surface area contributed by atoms with Crippen LogP contribution in [0.2, 0.25) is 0 Å². The molecule has 0 radical (unpaired) electrons. The maximum Gasteiger partial charge on any atom is 0.317 e. The van der Waals surface area contributed by atoms with E-state index in [0.29, 0.717) is 6.01 Å². The number of hydrogen-bond donors (Lipinski definition) is 0. The molecule has 1 aliphatic carbocycles. The Morgan fingerprint density at radius 3 is 2.53 bits per heavy atom. The van der Waals surface area contributed by atoms with Crippen LogP contribution in [-0.2, 0) is 14.9 Å². The minimum Gasteiger partial charge on any atom is -0.468 e. The van der Waals surface area contributed by atoms with Gasteiger partial charge in [-0.25, -0.2) is 4.98 Å². The highest BCUT2D eigenvalue weighted by Crippen LogP contribution is 2.41. The molecular weight excluding hydrogens is 244 g/mol. The summed E-state index contributed by atoms with van der Waals surface area (Å²) in [5.74, 6) is -0.198. The summed E-state index contributed by atoms with van der Waals surface area (Å²) in [6, 6.07) is 0.300. The van der Waals surface area contributed by atoms with Crippen LogP contribution in [0.25, 0.3) is 0 Å². The Balaban J connectivity index is 2.51. The Hall–Kier alpha value is -1.65. The molecule has 1 aromatic rings. The van der Waals surface area contributed by atoms with Crippen LogP contribution < -0.4 is 4.74 Å². The van der Waals surface area contributed by atoms with Crippen molar-refractivity contribution in [2.24, 2.45) is 0 Å². The van der Waals surface area contributed by atoms with E-state index in [1.54, 1.807) is 6.20 Å². The highest BCUT2D eigenvalue weighted by molar-refractivity contribution is 5.83. The highest BCUT2D eigenvalue weighted by atomic mass is 16.5. The monoisotopic (exact) mass is 264 g/mol. The van der Waals surface area contributed by atoms with E-state index < -0.39 is 5.41 Å². The summed E-state index contributed by atoms with van der Waals surface area (Å²) in [6.45, 7) is 1.92. The molecule has 2 rings (SSSR count). The zero-order valence-corrected chi connectivity index (χ0v) is 11.7. The third-order valence-corrected chi connectivity index (χ3v) is 3.87. The molecule has 19 heavy (non-hydrogen) atoms. The summed E-state index contributed by atoms with van der Waals surface area (Å²) < 4.78 is 10.1. The Labute approximate surface area is 113 Å². The number of methoxy groups -OCH3 is 2. The first-order chi connectivity index (χ1) is 9.14. The van der Waals surface area contributed by atoms with Crippen LogP contribution in [0.4, 0.5) is 0 Å². The van der Waals surface area contributed by atoms with Crippen LogP contribution in [-0.4, -0.2) is 30.2 Å². The minimum atomic E-state index is -0.632. The van der Waals surface area contributed by atoms with Crippen molar-refractivity contribution >= 4 is 5.97 Å². The molecule has 1 heterocycles. The number of aryl methyl sites for hydroxylation is 1. The second-order valence-corrected chi connectivity index (χ2v) is 5.02. The highest BCUT2D eigenvalue weighted by Gasteiger charge is 2.44. The van der Waals surface area contributed by atoms with Crippen molar-refractivity contribution in [3.63, 3.8) is 0 Å². The zero-order chi connectivity index (χ0) is 13.9. The van der Waals surface area contributed by atoms with Crippen molar-refractivity contribution in [1.29, 1.82) is 0 Å². The Kier molecular flexibility index (Phi) is 4.02. The predicted molar refractivity (Wildman–Crippen MR) is 70.1 cm³/mol. The van der Waals surface area contributed by atoms with Gasteiger partial charge >= 0.3 is 12.0 Å². The van der Waals surface area contributed by atoms with E-state index in [9.17, 15) is 4.79 Å². The fourth-order valence-corrected chi connectivity index (χ4v) is 2.90. The van der Waals surface area contributed by atoms with E-state index in [1.807, 2.05) is 6.92 Å². The van der Waals surface area contributed by atoms with E-state index >= 15 is 0 Å². The van der Waals surface area contributed by atoms with Crippen LogP contribution in [0.1, 0.15) is 43.4 Å². The largest absolute Gasteiger partial charge is 0.468 e. The number of carbonyl (C=O) groups excluding carboxylic acids is 1. The molecule has 0 unspecified atom stereocenters. The van der Waals surface area contributed by atoms with Crippen LogP contribution in [0.3, 0.4) is 0 Å². The van der Waals surface area contributed by atoms with Gasteiger partial charge in [-0.15, -0.1) is 0 Å². The summed E-state index contributed by atoms with van der Waals surface area (Å²) in [5, 5.41) is 0. The first-order valence-electron chi connectivity index (χ1n) is 6.60. The molecule has 0 amide bonds. The first kappa shape index (κ1) is 13.8. The molecule has 0 saturated heterocycles. The molecule has 5 nitrogen and oxygen atoms in total. The molecule has 0 aliphatic heterocycles. The van der Waals surface area contributed by atoms with E-state index in [2.05, 4.69) is 9.97 Å². The number of hydrogen-bond acceptors (Lipinski definition) is 5. The maximum atomic E-state index is 12.3. The predicted octanol–water partition coefficient (Wildman–Crippen LogP) is 2.17. The number of ether oxygens (including phenoxy) is 2. The molecule has 1 aliphatic rings. The molecule has 0 spiro atoms. The number of nitrogens with zero attached hydrogens (tertiary/aromatic N) is 2. The van der Waals surface area contributed by atoms with Gasteiger partial charge in [0.15, 0.2) is 0 Å². The lowest BCUT2D eigenvalue weighted by atomic mass is 9.70. The number of esters is 1.